The molecule has 5 nitrogen and oxygen atoms in total. The number of benzene rings is 2. The fourth-order valence-corrected chi connectivity index (χ4v) is 3.50. The topological polar surface area (TPSA) is 55.1 Å². The van der Waals surface area contributed by atoms with Crippen molar-refractivity contribution in [1.29, 1.82) is 0 Å². The number of fused-ring (bicyclic) bond motifs is 3. The second kappa shape index (κ2) is 7.41. The van der Waals surface area contributed by atoms with Gasteiger partial charge in [0, 0.05) is 22.0 Å². The van der Waals surface area contributed by atoms with E-state index in [0.29, 0.717) is 0 Å². The van der Waals surface area contributed by atoms with Gasteiger partial charge in [-0.15, -0.1) is 5.10 Å². The Kier molecular flexibility index (Phi) is 4.84. The molecule has 0 radical (unpaired) electrons. The van der Waals surface area contributed by atoms with Crippen LogP contribution in [-0.2, 0) is 0 Å². The first-order valence-corrected chi connectivity index (χ1v) is 9.71. The van der Waals surface area contributed by atoms with Gasteiger partial charge < -0.3 is 5.32 Å². The average molecular weight is 410 g/mol. The molecule has 0 aliphatic heterocycles. The molecule has 4 rings (SSSR count). The zero-order valence-electron chi connectivity index (χ0n) is 14.6. The molecule has 0 saturated carbocycles. The highest BCUT2D eigenvalue weighted by atomic mass is 79.9. The molecule has 132 valence electrons. The third-order valence-corrected chi connectivity index (χ3v) is 4.92. The molecule has 0 atom stereocenters. The van der Waals surface area contributed by atoms with Gasteiger partial charge in [-0.25, -0.2) is 4.98 Å². The SMILES string of the molecule is CCCCCNc1nc2c(-c3cccc(Br)c3)nnn2c2ccccc12. The highest BCUT2D eigenvalue weighted by molar-refractivity contribution is 9.10. The molecule has 2 aromatic heterocycles. The van der Waals surface area contributed by atoms with Crippen LogP contribution in [-0.4, -0.2) is 26.4 Å². The van der Waals surface area contributed by atoms with Crippen LogP contribution in [0.3, 0.4) is 0 Å². The highest BCUT2D eigenvalue weighted by Crippen LogP contribution is 2.29. The van der Waals surface area contributed by atoms with Gasteiger partial charge in [-0.05, 0) is 30.7 Å². The summed E-state index contributed by atoms with van der Waals surface area (Å²) in [5, 5.41) is 13.3. The number of hydrogen-bond acceptors (Lipinski definition) is 4. The van der Waals surface area contributed by atoms with Gasteiger partial charge in [0.2, 0.25) is 0 Å². The lowest BCUT2D eigenvalue weighted by Gasteiger charge is -2.10. The molecule has 0 saturated heterocycles. The van der Waals surface area contributed by atoms with E-state index in [0.717, 1.165) is 51.1 Å². The van der Waals surface area contributed by atoms with Crippen molar-refractivity contribution < 1.29 is 0 Å². The predicted molar refractivity (Wildman–Crippen MR) is 109 cm³/mol. The first kappa shape index (κ1) is 17.0. The first-order valence-electron chi connectivity index (χ1n) is 8.92. The third kappa shape index (κ3) is 3.17. The van der Waals surface area contributed by atoms with Gasteiger partial charge >= 0.3 is 0 Å². The van der Waals surface area contributed by atoms with Gasteiger partial charge in [-0.2, -0.15) is 4.52 Å². The lowest BCUT2D eigenvalue weighted by molar-refractivity contribution is 0.742. The second-order valence-corrected chi connectivity index (χ2v) is 7.21. The van der Waals surface area contributed by atoms with E-state index in [9.17, 15) is 0 Å². The summed E-state index contributed by atoms with van der Waals surface area (Å²) in [5.41, 5.74) is 3.55. The van der Waals surface area contributed by atoms with Crippen molar-refractivity contribution in [2.24, 2.45) is 0 Å². The van der Waals surface area contributed by atoms with Crippen LogP contribution in [0, 0.1) is 0 Å². The molecule has 1 N–H and O–H groups in total. The van der Waals surface area contributed by atoms with Gasteiger partial charge in [-0.1, -0.05) is 65.2 Å². The molecule has 0 bridgehead atoms. The summed E-state index contributed by atoms with van der Waals surface area (Å²) in [6.45, 7) is 3.12. The Morgan fingerprint density at radius 3 is 2.81 bits per heavy atom. The van der Waals surface area contributed by atoms with E-state index in [1.54, 1.807) is 0 Å². The van der Waals surface area contributed by atoms with E-state index >= 15 is 0 Å². The van der Waals surface area contributed by atoms with Crippen molar-refractivity contribution in [3.63, 3.8) is 0 Å². The Hall–Kier alpha value is -2.47. The summed E-state index contributed by atoms with van der Waals surface area (Å²) in [6, 6.07) is 16.2. The zero-order chi connectivity index (χ0) is 17.9. The largest absolute Gasteiger partial charge is 0.369 e. The summed E-state index contributed by atoms with van der Waals surface area (Å²) in [5.74, 6) is 0.891. The van der Waals surface area contributed by atoms with Crippen molar-refractivity contribution >= 4 is 38.3 Å². The molecular formula is C20H20BrN5. The smallest absolute Gasteiger partial charge is 0.186 e. The van der Waals surface area contributed by atoms with E-state index in [1.165, 1.54) is 12.8 Å². The normalized spacial score (nSPS) is 11.3. The van der Waals surface area contributed by atoms with Gasteiger partial charge in [0.1, 0.15) is 11.5 Å². The minimum absolute atomic E-state index is 0.764. The van der Waals surface area contributed by atoms with Crippen molar-refractivity contribution in [3.05, 3.63) is 53.0 Å². The minimum atomic E-state index is 0.764. The molecule has 2 heterocycles. The molecule has 0 spiro atoms. The van der Waals surface area contributed by atoms with Crippen LogP contribution in [0.4, 0.5) is 5.82 Å². The molecular weight excluding hydrogens is 390 g/mol. The third-order valence-electron chi connectivity index (χ3n) is 4.42. The Bertz CT molecular complexity index is 1060. The zero-order valence-corrected chi connectivity index (χ0v) is 16.2. The van der Waals surface area contributed by atoms with E-state index in [2.05, 4.69) is 50.6 Å². The Labute approximate surface area is 160 Å². The number of unbranched alkanes of at least 4 members (excludes halogenated alkanes) is 2. The first-order chi connectivity index (χ1) is 12.8. The molecule has 0 fully saturated rings. The standard InChI is InChI=1S/C20H20BrN5/c1-2-3-6-12-22-19-16-10-4-5-11-17(16)26-20(23-19)18(24-25-26)14-8-7-9-15(21)13-14/h4-5,7-11,13H,2-3,6,12H2,1H3,(H,22,23). The number of aromatic nitrogens is 4. The number of para-hydroxylation sites is 1. The van der Waals surface area contributed by atoms with Crippen LogP contribution in [0.5, 0.6) is 0 Å². The van der Waals surface area contributed by atoms with E-state index < -0.39 is 0 Å². The summed E-state index contributed by atoms with van der Waals surface area (Å²) in [7, 11) is 0. The van der Waals surface area contributed by atoms with E-state index in [-0.39, 0.29) is 0 Å². The number of rotatable bonds is 6. The Morgan fingerprint density at radius 1 is 1.08 bits per heavy atom. The summed E-state index contributed by atoms with van der Waals surface area (Å²) < 4.78 is 2.83. The number of nitrogens with zero attached hydrogens (tertiary/aromatic N) is 4. The molecule has 0 amide bonds. The fraction of sp³-hybridized carbons (Fsp3) is 0.250. The fourth-order valence-electron chi connectivity index (χ4n) is 3.10. The molecule has 4 aromatic rings. The summed E-state index contributed by atoms with van der Waals surface area (Å²) >= 11 is 3.53. The molecule has 0 unspecified atom stereocenters. The number of halogens is 1. The maximum absolute atomic E-state index is 4.88. The van der Waals surface area contributed by atoms with Gasteiger partial charge in [0.05, 0.1) is 5.52 Å². The molecule has 0 aliphatic rings. The van der Waals surface area contributed by atoms with Crippen LogP contribution in [0.25, 0.3) is 27.8 Å². The summed E-state index contributed by atoms with van der Waals surface area (Å²) in [4.78, 5) is 4.88. The maximum atomic E-state index is 4.88. The molecule has 2 aromatic carbocycles. The second-order valence-electron chi connectivity index (χ2n) is 6.30. The lowest BCUT2D eigenvalue weighted by Crippen LogP contribution is -2.06. The Balaban J connectivity index is 1.85. The van der Waals surface area contributed by atoms with Crippen molar-refractivity contribution in [2.45, 2.75) is 26.2 Å². The number of anilines is 1. The Morgan fingerprint density at radius 2 is 1.96 bits per heavy atom. The van der Waals surface area contributed by atoms with Crippen LogP contribution >= 0.6 is 15.9 Å². The molecule has 6 heteroatoms. The van der Waals surface area contributed by atoms with Crippen molar-refractivity contribution in [2.75, 3.05) is 11.9 Å². The predicted octanol–water partition coefficient (Wildman–Crippen LogP) is 5.31. The minimum Gasteiger partial charge on any atom is -0.369 e. The lowest BCUT2D eigenvalue weighted by atomic mass is 10.1. The highest BCUT2D eigenvalue weighted by Gasteiger charge is 2.15. The van der Waals surface area contributed by atoms with Crippen molar-refractivity contribution in [1.82, 2.24) is 19.8 Å². The van der Waals surface area contributed by atoms with Gasteiger partial charge in [0.25, 0.3) is 0 Å². The van der Waals surface area contributed by atoms with E-state index in [1.807, 2.05) is 40.9 Å². The van der Waals surface area contributed by atoms with Crippen LogP contribution < -0.4 is 5.32 Å². The van der Waals surface area contributed by atoms with Crippen LogP contribution in [0.1, 0.15) is 26.2 Å². The quantitative estimate of drug-likeness (QED) is 0.438. The monoisotopic (exact) mass is 409 g/mol. The van der Waals surface area contributed by atoms with Gasteiger partial charge in [0.15, 0.2) is 5.65 Å². The molecule has 26 heavy (non-hydrogen) atoms. The molecule has 0 aliphatic carbocycles. The average Bonchev–Trinajstić information content (AvgIpc) is 3.09. The summed E-state index contributed by atoms with van der Waals surface area (Å²) in [6.07, 6.45) is 3.55. The van der Waals surface area contributed by atoms with Gasteiger partial charge in [-0.3, -0.25) is 0 Å². The number of hydrogen-bond donors (Lipinski definition) is 1. The van der Waals surface area contributed by atoms with Crippen LogP contribution in [0.2, 0.25) is 0 Å². The van der Waals surface area contributed by atoms with E-state index in [4.69, 9.17) is 4.98 Å². The maximum Gasteiger partial charge on any atom is 0.186 e. The van der Waals surface area contributed by atoms with Crippen molar-refractivity contribution in [3.8, 4) is 11.3 Å². The van der Waals surface area contributed by atoms with Crippen LogP contribution in [0.15, 0.2) is 53.0 Å². The number of nitrogens with one attached hydrogen (secondary N) is 1.